The average molecular weight is 410 g/mol. The first-order valence-electron chi connectivity index (χ1n) is 10.0. The Kier molecular flexibility index (Phi) is 5.97. The number of hydrogen-bond acceptors (Lipinski definition) is 3. The molecule has 0 bridgehead atoms. The van der Waals surface area contributed by atoms with E-state index in [0.717, 1.165) is 38.9 Å². The van der Waals surface area contributed by atoms with Crippen molar-refractivity contribution in [1.29, 1.82) is 0 Å². The highest BCUT2D eigenvalue weighted by molar-refractivity contribution is 6.31. The smallest absolute Gasteiger partial charge is 0.299 e. The third-order valence-corrected chi connectivity index (χ3v) is 5.74. The Balaban J connectivity index is 1.35. The quantitative estimate of drug-likeness (QED) is 0.628. The summed E-state index contributed by atoms with van der Waals surface area (Å²) in [4.78, 5) is 29.1. The molecule has 0 fully saturated rings. The summed E-state index contributed by atoms with van der Waals surface area (Å²) < 4.78 is 1.62. The Bertz CT molecular complexity index is 1150. The molecule has 0 aliphatic carbocycles. The van der Waals surface area contributed by atoms with Gasteiger partial charge in [0.15, 0.2) is 0 Å². The summed E-state index contributed by atoms with van der Waals surface area (Å²) in [5, 5.41) is 1.01. The molecule has 0 spiro atoms. The highest BCUT2D eigenvalue weighted by Crippen LogP contribution is 2.22. The lowest BCUT2D eigenvalue weighted by Gasteiger charge is -2.26. The zero-order chi connectivity index (χ0) is 20.2. The summed E-state index contributed by atoms with van der Waals surface area (Å²) in [5.74, 6) is 0. The minimum Gasteiger partial charge on any atom is -0.299 e. The molecule has 1 N–H and O–H groups in total. The minimum absolute atomic E-state index is 0.368. The first kappa shape index (κ1) is 19.7. The molecule has 29 heavy (non-hydrogen) atoms. The second-order valence-corrected chi connectivity index (χ2v) is 7.86. The molecule has 5 nitrogen and oxygen atoms in total. The fourth-order valence-electron chi connectivity index (χ4n) is 3.92. The maximum Gasteiger partial charge on any atom is 0.328 e. The highest BCUT2D eigenvalue weighted by Gasteiger charge is 2.13. The van der Waals surface area contributed by atoms with Gasteiger partial charge in [-0.3, -0.25) is 19.2 Å². The summed E-state index contributed by atoms with van der Waals surface area (Å²) in [6.45, 7) is 3.57. The number of nitrogens with one attached hydrogen (secondary N) is 1. The topological polar surface area (TPSA) is 58.1 Å². The zero-order valence-electron chi connectivity index (χ0n) is 16.2. The predicted molar refractivity (Wildman–Crippen MR) is 119 cm³/mol. The molecule has 0 unspecified atom stereocenters. The Morgan fingerprint density at radius 3 is 2.55 bits per heavy atom. The molecule has 6 heteroatoms. The van der Waals surface area contributed by atoms with Crippen LogP contribution in [0, 0.1) is 0 Å². The number of aryl methyl sites for hydroxylation is 1. The number of hydrogen-bond donors (Lipinski definition) is 1. The number of H-pyrrole nitrogens is 1. The first-order chi connectivity index (χ1) is 14.1. The summed E-state index contributed by atoms with van der Waals surface area (Å²) in [7, 11) is 0. The van der Waals surface area contributed by atoms with Crippen molar-refractivity contribution in [2.75, 3.05) is 19.6 Å². The molecule has 0 saturated heterocycles. The lowest BCUT2D eigenvalue weighted by atomic mass is 9.99. The fourth-order valence-corrected chi connectivity index (χ4v) is 4.08. The van der Waals surface area contributed by atoms with Crippen LogP contribution in [0.3, 0.4) is 0 Å². The van der Waals surface area contributed by atoms with Crippen LogP contribution in [-0.2, 0) is 6.54 Å². The van der Waals surface area contributed by atoms with E-state index in [1.54, 1.807) is 22.8 Å². The van der Waals surface area contributed by atoms with E-state index in [1.165, 1.54) is 11.1 Å². The standard InChI is InChI=1S/C23H24ClN3O2/c24-19-8-9-20-21(16-19)27(23(29)25-22(20)28)13-5-4-12-26-14-10-18(11-15-26)17-6-2-1-3-7-17/h1-3,6-10,16H,4-5,11-15H2,(H,25,28,29). The Morgan fingerprint density at radius 1 is 1.00 bits per heavy atom. The Hall–Kier alpha value is -2.63. The van der Waals surface area contributed by atoms with Crippen LogP contribution in [0.5, 0.6) is 0 Å². The van der Waals surface area contributed by atoms with Gasteiger partial charge in [0.1, 0.15) is 0 Å². The molecule has 0 saturated carbocycles. The van der Waals surface area contributed by atoms with Crippen molar-refractivity contribution in [3.63, 3.8) is 0 Å². The van der Waals surface area contributed by atoms with Gasteiger partial charge in [-0.15, -0.1) is 0 Å². The van der Waals surface area contributed by atoms with Crippen molar-refractivity contribution >= 4 is 28.1 Å². The van der Waals surface area contributed by atoms with Crippen LogP contribution in [0.15, 0.2) is 64.2 Å². The molecule has 0 amide bonds. The maximum atomic E-state index is 12.3. The number of benzene rings is 2. The number of aromatic nitrogens is 2. The summed E-state index contributed by atoms with van der Waals surface area (Å²) in [6, 6.07) is 15.6. The lowest BCUT2D eigenvalue weighted by molar-refractivity contribution is 0.292. The molecule has 2 aromatic carbocycles. The van der Waals surface area contributed by atoms with Gasteiger partial charge in [-0.2, -0.15) is 0 Å². The van der Waals surface area contributed by atoms with Crippen molar-refractivity contribution in [3.8, 4) is 0 Å². The van der Waals surface area contributed by atoms with E-state index < -0.39 is 0 Å². The molecule has 0 atom stereocenters. The minimum atomic E-state index is -0.377. The van der Waals surface area contributed by atoms with Gasteiger partial charge in [-0.25, -0.2) is 4.79 Å². The van der Waals surface area contributed by atoms with Crippen molar-refractivity contribution in [3.05, 3.63) is 86.0 Å². The van der Waals surface area contributed by atoms with Crippen LogP contribution in [0.1, 0.15) is 24.8 Å². The number of unbranched alkanes of at least 4 members (excludes halogenated alkanes) is 1. The number of nitrogens with zero attached hydrogens (tertiary/aromatic N) is 2. The molecule has 4 rings (SSSR count). The molecule has 2 heterocycles. The highest BCUT2D eigenvalue weighted by atomic mass is 35.5. The normalized spacial score (nSPS) is 14.9. The molecule has 1 aliphatic rings. The van der Waals surface area contributed by atoms with Crippen molar-refractivity contribution in [2.24, 2.45) is 0 Å². The van der Waals surface area contributed by atoms with Crippen molar-refractivity contribution in [2.45, 2.75) is 25.8 Å². The van der Waals surface area contributed by atoms with Crippen LogP contribution >= 0.6 is 11.6 Å². The van der Waals surface area contributed by atoms with Crippen molar-refractivity contribution < 1.29 is 0 Å². The van der Waals surface area contributed by atoms with Gasteiger partial charge in [-0.1, -0.05) is 48.0 Å². The second kappa shape index (κ2) is 8.80. The molecule has 1 aliphatic heterocycles. The molecule has 0 radical (unpaired) electrons. The van der Waals surface area contributed by atoms with Gasteiger partial charge in [0.05, 0.1) is 10.9 Å². The SMILES string of the molecule is O=c1[nH]c(=O)n(CCCCN2CC=C(c3ccccc3)CC2)c2cc(Cl)ccc12. The molecule has 150 valence electrons. The van der Waals surface area contributed by atoms with Crippen LogP contribution < -0.4 is 11.2 Å². The zero-order valence-corrected chi connectivity index (χ0v) is 17.0. The van der Waals surface area contributed by atoms with Crippen molar-refractivity contribution in [1.82, 2.24) is 14.5 Å². The molecular weight excluding hydrogens is 386 g/mol. The van der Waals surface area contributed by atoms with Gasteiger partial charge < -0.3 is 0 Å². The fraction of sp³-hybridized carbons (Fsp3) is 0.304. The van der Waals surface area contributed by atoms with E-state index in [1.807, 2.05) is 6.07 Å². The van der Waals surface area contributed by atoms with E-state index in [4.69, 9.17) is 11.6 Å². The van der Waals surface area contributed by atoms with Crippen LogP contribution in [-0.4, -0.2) is 34.1 Å². The Labute approximate surface area is 174 Å². The number of fused-ring (bicyclic) bond motifs is 1. The summed E-state index contributed by atoms with van der Waals surface area (Å²) in [6.07, 6.45) is 5.23. The van der Waals surface area contributed by atoms with Gasteiger partial charge in [0.25, 0.3) is 5.56 Å². The van der Waals surface area contributed by atoms with Gasteiger partial charge >= 0.3 is 5.69 Å². The van der Waals surface area contributed by atoms with Gasteiger partial charge in [0.2, 0.25) is 0 Å². The third-order valence-electron chi connectivity index (χ3n) is 5.50. The summed E-state index contributed by atoms with van der Waals surface area (Å²) in [5.41, 5.74) is 2.59. The number of aromatic amines is 1. The van der Waals surface area contributed by atoms with Crippen LogP contribution in [0.25, 0.3) is 16.5 Å². The lowest BCUT2D eigenvalue weighted by Crippen LogP contribution is -2.31. The Morgan fingerprint density at radius 2 is 1.79 bits per heavy atom. The second-order valence-electron chi connectivity index (χ2n) is 7.43. The maximum absolute atomic E-state index is 12.3. The summed E-state index contributed by atoms with van der Waals surface area (Å²) >= 11 is 6.07. The number of rotatable bonds is 6. The van der Waals surface area contributed by atoms with Gasteiger partial charge in [0, 0.05) is 24.7 Å². The third kappa shape index (κ3) is 4.52. The largest absolute Gasteiger partial charge is 0.328 e. The molecule has 3 aromatic rings. The molecule has 1 aromatic heterocycles. The van der Waals surface area contributed by atoms with Crippen LogP contribution in [0.2, 0.25) is 5.02 Å². The first-order valence-corrected chi connectivity index (χ1v) is 10.4. The van der Waals surface area contributed by atoms with Crippen LogP contribution in [0.4, 0.5) is 0 Å². The predicted octanol–water partition coefficient (Wildman–Crippen LogP) is 3.91. The number of halogens is 1. The molecular formula is C23H24ClN3O2. The average Bonchev–Trinajstić information content (AvgIpc) is 2.74. The van der Waals surface area contributed by atoms with E-state index in [9.17, 15) is 9.59 Å². The van der Waals surface area contributed by atoms with Gasteiger partial charge in [-0.05, 0) is 55.1 Å². The van der Waals surface area contributed by atoms with E-state index in [0.29, 0.717) is 22.5 Å². The monoisotopic (exact) mass is 409 g/mol. The van der Waals surface area contributed by atoms with E-state index >= 15 is 0 Å². The van der Waals surface area contributed by atoms with E-state index in [2.05, 4.69) is 40.2 Å². The van der Waals surface area contributed by atoms with E-state index in [-0.39, 0.29) is 11.2 Å².